The largest absolute Gasteiger partial charge is 0.508 e. The molecule has 8 heteroatoms. The van der Waals surface area contributed by atoms with E-state index in [0.717, 1.165) is 0 Å². The van der Waals surface area contributed by atoms with Gasteiger partial charge in [-0.2, -0.15) is 0 Å². The van der Waals surface area contributed by atoms with Gasteiger partial charge in [-0.25, -0.2) is 9.18 Å². The van der Waals surface area contributed by atoms with Gasteiger partial charge in [0.15, 0.2) is 6.61 Å². The Hall–Kier alpha value is -4.20. The summed E-state index contributed by atoms with van der Waals surface area (Å²) in [5.41, 5.74) is 0.980. The number of halogens is 1. The number of esters is 1. The molecule has 0 heterocycles. The molecule has 0 aliphatic heterocycles. The SMILES string of the molecule is O=C(COC(=O)c1ccc(O)cc1)Nc1ccccc1C(=O)Nc1ccc(F)cc1. The number of amides is 2. The molecule has 0 bridgehead atoms. The number of benzene rings is 3. The topological polar surface area (TPSA) is 105 Å². The van der Waals surface area contributed by atoms with E-state index in [0.29, 0.717) is 5.69 Å². The number of aromatic hydroxyl groups is 1. The van der Waals surface area contributed by atoms with Gasteiger partial charge in [0, 0.05) is 5.69 Å². The van der Waals surface area contributed by atoms with Gasteiger partial charge in [0.2, 0.25) is 0 Å². The molecule has 0 aromatic heterocycles. The van der Waals surface area contributed by atoms with Crippen LogP contribution in [0.2, 0.25) is 0 Å². The summed E-state index contributed by atoms with van der Waals surface area (Å²) in [6.07, 6.45) is 0. The van der Waals surface area contributed by atoms with Gasteiger partial charge in [-0.05, 0) is 60.7 Å². The van der Waals surface area contributed by atoms with Crippen molar-refractivity contribution in [3.8, 4) is 5.75 Å². The highest BCUT2D eigenvalue weighted by molar-refractivity contribution is 6.10. The average molecular weight is 408 g/mol. The molecule has 0 aliphatic rings. The van der Waals surface area contributed by atoms with Gasteiger partial charge in [0.05, 0.1) is 16.8 Å². The minimum atomic E-state index is -0.729. The zero-order chi connectivity index (χ0) is 21.5. The number of hydrogen-bond donors (Lipinski definition) is 3. The normalized spacial score (nSPS) is 10.2. The first-order valence-corrected chi connectivity index (χ1v) is 8.84. The molecule has 2 amide bonds. The standard InChI is InChI=1S/C22H17FN2O5/c23-15-7-9-16(10-8-15)24-21(28)18-3-1-2-4-19(18)25-20(27)13-30-22(29)14-5-11-17(26)12-6-14/h1-12,26H,13H2,(H,24,28)(H,25,27). The molecule has 0 fully saturated rings. The molecule has 0 unspecified atom stereocenters. The van der Waals surface area contributed by atoms with Crippen molar-refractivity contribution in [2.75, 3.05) is 17.2 Å². The third kappa shape index (κ3) is 5.41. The summed E-state index contributed by atoms with van der Waals surface area (Å²) < 4.78 is 17.9. The molecular weight excluding hydrogens is 391 g/mol. The maximum absolute atomic E-state index is 13.0. The van der Waals surface area contributed by atoms with Gasteiger partial charge in [0.1, 0.15) is 11.6 Å². The summed E-state index contributed by atoms with van der Waals surface area (Å²) in [7, 11) is 0. The Bertz CT molecular complexity index is 1070. The van der Waals surface area contributed by atoms with E-state index in [-0.39, 0.29) is 22.6 Å². The van der Waals surface area contributed by atoms with Gasteiger partial charge >= 0.3 is 5.97 Å². The number of carbonyl (C=O) groups excluding carboxylic acids is 3. The van der Waals surface area contributed by atoms with Crippen LogP contribution in [0.3, 0.4) is 0 Å². The van der Waals surface area contributed by atoms with Crippen LogP contribution in [0.4, 0.5) is 15.8 Å². The predicted octanol–water partition coefficient (Wildman–Crippen LogP) is 3.58. The number of carbonyl (C=O) groups is 3. The Balaban J connectivity index is 1.61. The van der Waals surface area contributed by atoms with Crippen molar-refractivity contribution < 1.29 is 28.6 Å². The molecule has 0 spiro atoms. The summed E-state index contributed by atoms with van der Waals surface area (Å²) in [5.74, 6) is -2.29. The van der Waals surface area contributed by atoms with Crippen LogP contribution in [0.25, 0.3) is 0 Å². The lowest BCUT2D eigenvalue weighted by atomic mass is 10.1. The molecule has 0 radical (unpaired) electrons. The van der Waals surface area contributed by atoms with Crippen LogP contribution in [0.5, 0.6) is 5.75 Å². The Labute approximate surface area is 171 Å². The molecule has 7 nitrogen and oxygen atoms in total. The fourth-order valence-corrected chi connectivity index (χ4v) is 2.52. The van der Waals surface area contributed by atoms with Gasteiger partial charge in [-0.3, -0.25) is 9.59 Å². The summed E-state index contributed by atoms with van der Waals surface area (Å²) in [5, 5.41) is 14.4. The number of rotatable bonds is 6. The minimum absolute atomic E-state index is 0.000172. The first-order chi connectivity index (χ1) is 14.4. The van der Waals surface area contributed by atoms with Crippen LogP contribution >= 0.6 is 0 Å². The summed E-state index contributed by atoms with van der Waals surface area (Å²) >= 11 is 0. The Kier molecular flexibility index (Phi) is 6.39. The molecule has 0 saturated carbocycles. The highest BCUT2D eigenvalue weighted by Crippen LogP contribution is 2.18. The first-order valence-electron chi connectivity index (χ1n) is 8.84. The smallest absolute Gasteiger partial charge is 0.338 e. The van der Waals surface area contributed by atoms with Crippen LogP contribution in [-0.4, -0.2) is 29.5 Å². The van der Waals surface area contributed by atoms with Crippen molar-refractivity contribution in [3.63, 3.8) is 0 Å². The molecule has 0 atom stereocenters. The summed E-state index contributed by atoms with van der Waals surface area (Å²) in [6, 6.07) is 16.9. The first kappa shape index (κ1) is 20.5. The Morgan fingerprint density at radius 2 is 1.53 bits per heavy atom. The third-order valence-corrected chi connectivity index (χ3v) is 3.99. The zero-order valence-electron chi connectivity index (χ0n) is 15.6. The Morgan fingerprint density at radius 1 is 0.867 bits per heavy atom. The van der Waals surface area contributed by atoms with Crippen LogP contribution < -0.4 is 10.6 Å². The average Bonchev–Trinajstić information content (AvgIpc) is 2.74. The van der Waals surface area contributed by atoms with Gasteiger partial charge in [-0.1, -0.05) is 12.1 Å². The van der Waals surface area contributed by atoms with Crippen LogP contribution in [0.15, 0.2) is 72.8 Å². The van der Waals surface area contributed by atoms with E-state index in [4.69, 9.17) is 4.74 Å². The van der Waals surface area contributed by atoms with Crippen molar-refractivity contribution >= 4 is 29.2 Å². The lowest BCUT2D eigenvalue weighted by Gasteiger charge is -2.12. The van der Waals surface area contributed by atoms with Gasteiger partial charge in [0.25, 0.3) is 11.8 Å². The van der Waals surface area contributed by atoms with Crippen LogP contribution in [0, 0.1) is 5.82 Å². The van der Waals surface area contributed by atoms with E-state index < -0.39 is 30.2 Å². The number of nitrogens with one attached hydrogen (secondary N) is 2. The van der Waals surface area contributed by atoms with Crippen LogP contribution in [0.1, 0.15) is 20.7 Å². The zero-order valence-corrected chi connectivity index (χ0v) is 15.6. The third-order valence-electron chi connectivity index (χ3n) is 3.99. The molecule has 3 aromatic carbocycles. The number of phenols is 1. The van der Waals surface area contributed by atoms with Crippen molar-refractivity contribution in [2.45, 2.75) is 0 Å². The van der Waals surface area contributed by atoms with Crippen molar-refractivity contribution in [1.29, 1.82) is 0 Å². The van der Waals surface area contributed by atoms with E-state index in [1.165, 1.54) is 60.7 Å². The summed E-state index contributed by atoms with van der Waals surface area (Å²) in [6.45, 7) is -0.562. The summed E-state index contributed by atoms with van der Waals surface area (Å²) in [4.78, 5) is 36.6. The molecule has 30 heavy (non-hydrogen) atoms. The maximum atomic E-state index is 13.0. The lowest BCUT2D eigenvalue weighted by Crippen LogP contribution is -2.23. The highest BCUT2D eigenvalue weighted by Gasteiger charge is 2.15. The molecule has 0 aliphatic carbocycles. The molecule has 0 saturated heterocycles. The number of phenolic OH excluding ortho intramolecular Hbond substituents is 1. The predicted molar refractivity (Wildman–Crippen MR) is 108 cm³/mol. The molecule has 152 valence electrons. The fourth-order valence-electron chi connectivity index (χ4n) is 2.52. The highest BCUT2D eigenvalue weighted by atomic mass is 19.1. The van der Waals surface area contributed by atoms with E-state index in [2.05, 4.69) is 10.6 Å². The van der Waals surface area contributed by atoms with E-state index in [9.17, 15) is 23.9 Å². The monoisotopic (exact) mass is 408 g/mol. The molecule has 3 N–H and O–H groups in total. The fraction of sp³-hybridized carbons (Fsp3) is 0.0455. The van der Waals surface area contributed by atoms with E-state index >= 15 is 0 Å². The minimum Gasteiger partial charge on any atom is -0.508 e. The van der Waals surface area contributed by atoms with E-state index in [1.54, 1.807) is 12.1 Å². The second-order valence-corrected chi connectivity index (χ2v) is 6.18. The number of hydrogen-bond acceptors (Lipinski definition) is 5. The van der Waals surface area contributed by atoms with Crippen molar-refractivity contribution in [2.24, 2.45) is 0 Å². The number of anilines is 2. The number of para-hydroxylation sites is 1. The molecular formula is C22H17FN2O5. The van der Waals surface area contributed by atoms with E-state index in [1.807, 2.05) is 0 Å². The second kappa shape index (κ2) is 9.33. The second-order valence-electron chi connectivity index (χ2n) is 6.18. The maximum Gasteiger partial charge on any atom is 0.338 e. The van der Waals surface area contributed by atoms with Crippen molar-refractivity contribution in [3.05, 3.63) is 89.7 Å². The molecule has 3 aromatic rings. The lowest BCUT2D eigenvalue weighted by molar-refractivity contribution is -0.119. The van der Waals surface area contributed by atoms with Crippen LogP contribution in [-0.2, 0) is 9.53 Å². The van der Waals surface area contributed by atoms with Gasteiger partial charge in [-0.15, -0.1) is 0 Å². The Morgan fingerprint density at radius 3 is 2.23 bits per heavy atom. The molecule has 3 rings (SSSR count). The number of ether oxygens (including phenoxy) is 1. The van der Waals surface area contributed by atoms with Gasteiger partial charge < -0.3 is 20.5 Å². The quantitative estimate of drug-likeness (QED) is 0.541. The van der Waals surface area contributed by atoms with Crippen molar-refractivity contribution in [1.82, 2.24) is 0 Å².